The molecular formula is C14H20O3. The predicted molar refractivity (Wildman–Crippen MR) is 67.0 cm³/mol. The van der Waals surface area contributed by atoms with E-state index in [2.05, 4.69) is 0 Å². The highest BCUT2D eigenvalue weighted by atomic mass is 16.6. The molecule has 2 atom stereocenters. The molecule has 3 nitrogen and oxygen atoms in total. The van der Waals surface area contributed by atoms with Crippen molar-refractivity contribution in [2.24, 2.45) is 0 Å². The molecule has 1 aromatic carbocycles. The Labute approximate surface area is 102 Å². The zero-order chi connectivity index (χ0) is 12.8. The third-order valence-electron chi connectivity index (χ3n) is 2.71. The van der Waals surface area contributed by atoms with Crippen LogP contribution in [-0.4, -0.2) is 23.3 Å². The monoisotopic (exact) mass is 236 g/mol. The molecular weight excluding hydrogens is 216 g/mol. The smallest absolute Gasteiger partial charge is 0.338 e. The molecule has 0 aliphatic rings. The van der Waals surface area contributed by atoms with Crippen molar-refractivity contribution in [3.05, 3.63) is 35.4 Å². The van der Waals surface area contributed by atoms with Gasteiger partial charge in [-0.25, -0.2) is 4.79 Å². The van der Waals surface area contributed by atoms with E-state index in [1.807, 2.05) is 26.0 Å². The van der Waals surface area contributed by atoms with Crippen LogP contribution in [0.5, 0.6) is 0 Å². The molecule has 0 bridgehead atoms. The summed E-state index contributed by atoms with van der Waals surface area (Å²) in [7, 11) is 0. The Morgan fingerprint density at radius 3 is 2.47 bits per heavy atom. The maximum atomic E-state index is 11.7. The second-order valence-corrected chi connectivity index (χ2v) is 4.33. The number of rotatable bonds is 5. The lowest BCUT2D eigenvalue weighted by molar-refractivity contribution is -0.0134. The number of ether oxygens (including phenoxy) is 1. The number of hydrogen-bond donors (Lipinski definition) is 1. The SMILES string of the molecule is CCCC(O)C(C)OC(=O)c1ccc(C)cc1. The van der Waals surface area contributed by atoms with Crippen molar-refractivity contribution in [1.29, 1.82) is 0 Å². The topological polar surface area (TPSA) is 46.5 Å². The van der Waals surface area contributed by atoms with Gasteiger partial charge < -0.3 is 9.84 Å². The first-order valence-electron chi connectivity index (χ1n) is 6.00. The average Bonchev–Trinajstić information content (AvgIpc) is 2.30. The summed E-state index contributed by atoms with van der Waals surface area (Å²) in [6.45, 7) is 5.66. The van der Waals surface area contributed by atoms with Crippen LogP contribution in [0.4, 0.5) is 0 Å². The van der Waals surface area contributed by atoms with Gasteiger partial charge in [0.15, 0.2) is 0 Å². The lowest BCUT2D eigenvalue weighted by Gasteiger charge is -2.18. The van der Waals surface area contributed by atoms with Crippen LogP contribution < -0.4 is 0 Å². The molecule has 17 heavy (non-hydrogen) atoms. The molecule has 0 saturated carbocycles. The summed E-state index contributed by atoms with van der Waals surface area (Å²) >= 11 is 0. The zero-order valence-corrected chi connectivity index (χ0v) is 10.6. The Morgan fingerprint density at radius 1 is 1.35 bits per heavy atom. The normalized spacial score (nSPS) is 14.1. The number of carbonyl (C=O) groups is 1. The minimum absolute atomic E-state index is 0.382. The van der Waals surface area contributed by atoms with Crippen molar-refractivity contribution in [2.75, 3.05) is 0 Å². The van der Waals surface area contributed by atoms with Crippen LogP contribution in [0, 0.1) is 6.92 Å². The Morgan fingerprint density at radius 2 is 1.94 bits per heavy atom. The number of carbonyl (C=O) groups excluding carboxylic acids is 1. The van der Waals surface area contributed by atoms with E-state index in [1.54, 1.807) is 19.1 Å². The van der Waals surface area contributed by atoms with E-state index in [9.17, 15) is 9.90 Å². The Hall–Kier alpha value is -1.35. The molecule has 1 rings (SSSR count). The van der Waals surface area contributed by atoms with Gasteiger partial charge in [-0.1, -0.05) is 31.0 Å². The predicted octanol–water partition coefficient (Wildman–Crippen LogP) is 2.70. The van der Waals surface area contributed by atoms with Crippen LogP contribution in [0.15, 0.2) is 24.3 Å². The molecule has 0 aliphatic heterocycles. The molecule has 94 valence electrons. The highest BCUT2D eigenvalue weighted by molar-refractivity contribution is 5.89. The molecule has 0 heterocycles. The first-order valence-corrected chi connectivity index (χ1v) is 6.00. The highest BCUT2D eigenvalue weighted by Crippen LogP contribution is 2.10. The summed E-state index contributed by atoms with van der Waals surface area (Å²) in [5, 5.41) is 9.68. The second-order valence-electron chi connectivity index (χ2n) is 4.33. The fraction of sp³-hybridized carbons (Fsp3) is 0.500. The number of benzene rings is 1. The van der Waals surface area contributed by atoms with E-state index in [4.69, 9.17) is 4.74 Å². The number of esters is 1. The summed E-state index contributed by atoms with van der Waals surface area (Å²) in [6, 6.07) is 7.20. The van der Waals surface area contributed by atoms with Gasteiger partial charge in [0, 0.05) is 0 Å². The molecule has 2 unspecified atom stereocenters. The Bertz CT molecular complexity index is 356. The molecule has 0 amide bonds. The lowest BCUT2D eigenvalue weighted by atomic mass is 10.1. The van der Waals surface area contributed by atoms with Gasteiger partial charge in [0.05, 0.1) is 11.7 Å². The molecule has 0 fully saturated rings. The first-order chi connectivity index (χ1) is 8.04. The van der Waals surface area contributed by atoms with Crippen molar-refractivity contribution in [3.63, 3.8) is 0 Å². The van der Waals surface area contributed by atoms with Gasteiger partial charge in [-0.2, -0.15) is 0 Å². The van der Waals surface area contributed by atoms with Gasteiger partial charge in [-0.15, -0.1) is 0 Å². The molecule has 3 heteroatoms. The fourth-order valence-corrected chi connectivity index (χ4v) is 1.54. The Balaban J connectivity index is 2.57. The van der Waals surface area contributed by atoms with Crippen LogP contribution in [0.1, 0.15) is 42.6 Å². The van der Waals surface area contributed by atoms with E-state index >= 15 is 0 Å². The first kappa shape index (κ1) is 13.7. The van der Waals surface area contributed by atoms with Gasteiger partial charge in [-0.05, 0) is 32.4 Å². The maximum Gasteiger partial charge on any atom is 0.338 e. The minimum Gasteiger partial charge on any atom is -0.456 e. The minimum atomic E-state index is -0.589. The van der Waals surface area contributed by atoms with Gasteiger partial charge in [0.2, 0.25) is 0 Å². The van der Waals surface area contributed by atoms with Crippen LogP contribution >= 0.6 is 0 Å². The molecule has 0 radical (unpaired) electrons. The standard InChI is InChI=1S/C14H20O3/c1-4-5-13(15)11(3)17-14(16)12-8-6-10(2)7-9-12/h6-9,11,13,15H,4-5H2,1-3H3. The molecule has 0 aliphatic carbocycles. The van der Waals surface area contributed by atoms with Crippen LogP contribution in [-0.2, 0) is 4.74 Å². The summed E-state index contributed by atoms with van der Waals surface area (Å²) in [6.07, 6.45) is 0.453. The molecule has 0 aromatic heterocycles. The maximum absolute atomic E-state index is 11.7. The van der Waals surface area contributed by atoms with Gasteiger partial charge in [0.1, 0.15) is 6.10 Å². The van der Waals surface area contributed by atoms with Crippen LogP contribution in [0.3, 0.4) is 0 Å². The number of aliphatic hydroxyl groups excluding tert-OH is 1. The van der Waals surface area contributed by atoms with E-state index in [0.29, 0.717) is 12.0 Å². The van der Waals surface area contributed by atoms with E-state index in [0.717, 1.165) is 12.0 Å². The summed E-state index contributed by atoms with van der Waals surface area (Å²) in [5.41, 5.74) is 1.62. The van der Waals surface area contributed by atoms with Crippen molar-refractivity contribution < 1.29 is 14.6 Å². The third-order valence-corrected chi connectivity index (χ3v) is 2.71. The second kappa shape index (κ2) is 6.40. The van der Waals surface area contributed by atoms with Gasteiger partial charge >= 0.3 is 5.97 Å². The molecule has 0 saturated heterocycles. The van der Waals surface area contributed by atoms with Crippen molar-refractivity contribution in [1.82, 2.24) is 0 Å². The van der Waals surface area contributed by atoms with Crippen LogP contribution in [0.2, 0.25) is 0 Å². The fourth-order valence-electron chi connectivity index (χ4n) is 1.54. The summed E-state index contributed by atoms with van der Waals surface area (Å²) in [4.78, 5) is 11.7. The van der Waals surface area contributed by atoms with E-state index in [1.165, 1.54) is 0 Å². The molecule has 0 spiro atoms. The highest BCUT2D eigenvalue weighted by Gasteiger charge is 2.18. The summed E-state index contributed by atoms with van der Waals surface area (Å²) in [5.74, 6) is -0.382. The average molecular weight is 236 g/mol. The third kappa shape index (κ3) is 4.19. The summed E-state index contributed by atoms with van der Waals surface area (Å²) < 4.78 is 5.20. The van der Waals surface area contributed by atoms with Crippen molar-refractivity contribution in [3.8, 4) is 0 Å². The number of aliphatic hydroxyl groups is 1. The quantitative estimate of drug-likeness (QED) is 0.799. The van der Waals surface area contributed by atoms with Gasteiger partial charge in [-0.3, -0.25) is 0 Å². The number of hydrogen-bond acceptors (Lipinski definition) is 3. The largest absolute Gasteiger partial charge is 0.456 e. The van der Waals surface area contributed by atoms with Crippen molar-refractivity contribution >= 4 is 5.97 Å². The molecule has 1 aromatic rings. The van der Waals surface area contributed by atoms with Crippen molar-refractivity contribution in [2.45, 2.75) is 45.8 Å². The van der Waals surface area contributed by atoms with E-state index < -0.39 is 12.2 Å². The van der Waals surface area contributed by atoms with Crippen LogP contribution in [0.25, 0.3) is 0 Å². The van der Waals surface area contributed by atoms with Gasteiger partial charge in [0.25, 0.3) is 0 Å². The number of aryl methyl sites for hydroxylation is 1. The lowest BCUT2D eigenvalue weighted by Crippen LogP contribution is -2.28. The van der Waals surface area contributed by atoms with E-state index in [-0.39, 0.29) is 5.97 Å². The zero-order valence-electron chi connectivity index (χ0n) is 10.6. The molecule has 1 N–H and O–H groups in total. The Kier molecular flexibility index (Phi) is 5.16.